The number of hydrogen-bond donors (Lipinski definition) is 0. The molecule has 102 valence electrons. The van der Waals surface area contributed by atoms with Gasteiger partial charge in [-0.05, 0) is 5.56 Å². The van der Waals surface area contributed by atoms with Crippen LogP contribution in [0, 0.1) is 0 Å². The highest BCUT2D eigenvalue weighted by Gasteiger charge is 2.22. The van der Waals surface area contributed by atoms with Crippen molar-refractivity contribution in [3.05, 3.63) is 35.9 Å². The maximum absolute atomic E-state index is 5.84. The van der Waals surface area contributed by atoms with Crippen LogP contribution < -0.4 is 0 Å². The van der Waals surface area contributed by atoms with Crippen molar-refractivity contribution in [3.8, 4) is 0 Å². The quantitative estimate of drug-likeness (QED) is 0.674. The van der Waals surface area contributed by atoms with Gasteiger partial charge in [0.1, 0.15) is 12.2 Å². The second kappa shape index (κ2) is 9.05. The first-order valence-electron chi connectivity index (χ1n) is 5.98. The molecule has 0 saturated heterocycles. The third kappa shape index (κ3) is 5.14. The largest absolute Gasteiger partial charge is 0.382 e. The standard InChI is InChI=1S/C14H22O4/c1-15-10-13(17-3)14(11-16-2)18-9-12-7-5-4-6-8-12/h4-8,13-14H,9-11H2,1-3H3. The predicted molar refractivity (Wildman–Crippen MR) is 69.6 cm³/mol. The molecule has 0 aliphatic heterocycles. The van der Waals surface area contributed by atoms with Crippen LogP contribution in [-0.2, 0) is 25.6 Å². The van der Waals surface area contributed by atoms with Gasteiger partial charge in [-0.3, -0.25) is 0 Å². The highest BCUT2D eigenvalue weighted by atomic mass is 16.6. The number of methoxy groups -OCH3 is 3. The first-order chi connectivity index (χ1) is 8.81. The van der Waals surface area contributed by atoms with Gasteiger partial charge in [-0.1, -0.05) is 30.3 Å². The summed E-state index contributed by atoms with van der Waals surface area (Å²) in [7, 11) is 4.95. The van der Waals surface area contributed by atoms with E-state index < -0.39 is 0 Å². The lowest BCUT2D eigenvalue weighted by Crippen LogP contribution is -2.37. The fourth-order valence-electron chi connectivity index (χ4n) is 1.70. The monoisotopic (exact) mass is 254 g/mol. The van der Waals surface area contributed by atoms with Gasteiger partial charge >= 0.3 is 0 Å². The van der Waals surface area contributed by atoms with Crippen LogP contribution in [0.25, 0.3) is 0 Å². The van der Waals surface area contributed by atoms with Crippen molar-refractivity contribution in [1.82, 2.24) is 0 Å². The highest BCUT2D eigenvalue weighted by molar-refractivity contribution is 5.13. The van der Waals surface area contributed by atoms with Gasteiger partial charge in [0, 0.05) is 21.3 Å². The van der Waals surface area contributed by atoms with E-state index in [-0.39, 0.29) is 12.2 Å². The molecular weight excluding hydrogens is 232 g/mol. The Labute approximate surface area is 109 Å². The van der Waals surface area contributed by atoms with Crippen molar-refractivity contribution < 1.29 is 18.9 Å². The molecule has 1 aromatic rings. The van der Waals surface area contributed by atoms with Crippen molar-refractivity contribution in [2.45, 2.75) is 18.8 Å². The van der Waals surface area contributed by atoms with Crippen molar-refractivity contribution in [2.24, 2.45) is 0 Å². The molecule has 0 bridgehead atoms. The molecule has 18 heavy (non-hydrogen) atoms. The maximum atomic E-state index is 5.84. The van der Waals surface area contributed by atoms with Crippen LogP contribution in [-0.4, -0.2) is 46.8 Å². The van der Waals surface area contributed by atoms with Gasteiger partial charge in [0.25, 0.3) is 0 Å². The predicted octanol–water partition coefficient (Wildman–Crippen LogP) is 1.88. The van der Waals surface area contributed by atoms with E-state index >= 15 is 0 Å². The average molecular weight is 254 g/mol. The Morgan fingerprint density at radius 3 is 2.06 bits per heavy atom. The minimum absolute atomic E-state index is 0.126. The molecule has 4 heteroatoms. The zero-order chi connectivity index (χ0) is 13.2. The molecule has 0 saturated carbocycles. The Morgan fingerprint density at radius 1 is 0.889 bits per heavy atom. The van der Waals surface area contributed by atoms with Gasteiger partial charge in [0.2, 0.25) is 0 Å². The van der Waals surface area contributed by atoms with E-state index in [4.69, 9.17) is 18.9 Å². The fourth-order valence-corrected chi connectivity index (χ4v) is 1.70. The summed E-state index contributed by atoms with van der Waals surface area (Å²) in [6.45, 7) is 1.51. The number of rotatable bonds is 9. The molecule has 0 aromatic heterocycles. The molecule has 0 amide bonds. The molecule has 2 atom stereocenters. The zero-order valence-corrected chi connectivity index (χ0v) is 11.3. The Morgan fingerprint density at radius 2 is 1.50 bits per heavy atom. The summed E-state index contributed by atoms with van der Waals surface area (Å²) >= 11 is 0. The van der Waals surface area contributed by atoms with Crippen LogP contribution in [0.2, 0.25) is 0 Å². The lowest BCUT2D eigenvalue weighted by Gasteiger charge is -2.25. The smallest absolute Gasteiger partial charge is 0.110 e. The van der Waals surface area contributed by atoms with Crippen LogP contribution in [0.3, 0.4) is 0 Å². The van der Waals surface area contributed by atoms with Crippen LogP contribution in [0.4, 0.5) is 0 Å². The van der Waals surface area contributed by atoms with Gasteiger partial charge in [0.05, 0.1) is 19.8 Å². The summed E-state index contributed by atoms with van der Waals surface area (Å²) in [5.74, 6) is 0. The lowest BCUT2D eigenvalue weighted by atomic mass is 10.2. The molecule has 1 aromatic carbocycles. The number of ether oxygens (including phenoxy) is 4. The zero-order valence-electron chi connectivity index (χ0n) is 11.3. The highest BCUT2D eigenvalue weighted by Crippen LogP contribution is 2.09. The van der Waals surface area contributed by atoms with E-state index in [9.17, 15) is 0 Å². The van der Waals surface area contributed by atoms with E-state index in [1.807, 2.05) is 30.3 Å². The molecule has 0 N–H and O–H groups in total. The van der Waals surface area contributed by atoms with Crippen molar-refractivity contribution in [3.63, 3.8) is 0 Å². The summed E-state index contributed by atoms with van der Waals surface area (Å²) < 4.78 is 21.5. The van der Waals surface area contributed by atoms with Gasteiger partial charge in [-0.2, -0.15) is 0 Å². The van der Waals surface area contributed by atoms with Crippen molar-refractivity contribution >= 4 is 0 Å². The number of hydrogen-bond acceptors (Lipinski definition) is 4. The van der Waals surface area contributed by atoms with Crippen LogP contribution in [0.15, 0.2) is 30.3 Å². The Balaban J connectivity index is 2.51. The van der Waals surface area contributed by atoms with Crippen LogP contribution in [0.1, 0.15) is 5.56 Å². The SMILES string of the molecule is COCC(OC)C(COC)OCc1ccccc1. The second-order valence-corrected chi connectivity index (χ2v) is 4.02. The Hall–Kier alpha value is -0.940. The van der Waals surface area contributed by atoms with Gasteiger partial charge in [-0.25, -0.2) is 0 Å². The normalized spacial score (nSPS) is 14.4. The molecule has 0 heterocycles. The summed E-state index contributed by atoms with van der Waals surface area (Å²) in [6.07, 6.45) is -0.265. The molecule has 0 fully saturated rings. The fraction of sp³-hybridized carbons (Fsp3) is 0.571. The molecular formula is C14H22O4. The number of benzene rings is 1. The van der Waals surface area contributed by atoms with Crippen molar-refractivity contribution in [2.75, 3.05) is 34.5 Å². The Kier molecular flexibility index (Phi) is 7.60. The van der Waals surface area contributed by atoms with Crippen LogP contribution in [0.5, 0.6) is 0 Å². The van der Waals surface area contributed by atoms with E-state index in [1.54, 1.807) is 21.3 Å². The van der Waals surface area contributed by atoms with Gasteiger partial charge in [-0.15, -0.1) is 0 Å². The van der Waals surface area contributed by atoms with E-state index in [2.05, 4.69) is 0 Å². The average Bonchev–Trinajstić information content (AvgIpc) is 2.42. The van der Waals surface area contributed by atoms with E-state index in [0.29, 0.717) is 19.8 Å². The summed E-state index contributed by atoms with van der Waals surface area (Å²) in [4.78, 5) is 0. The maximum Gasteiger partial charge on any atom is 0.110 e. The van der Waals surface area contributed by atoms with E-state index in [1.165, 1.54) is 0 Å². The first kappa shape index (κ1) is 15.1. The minimum atomic E-state index is -0.139. The summed E-state index contributed by atoms with van der Waals surface area (Å²) in [5.41, 5.74) is 1.13. The first-order valence-corrected chi connectivity index (χ1v) is 5.98. The summed E-state index contributed by atoms with van der Waals surface area (Å²) in [5, 5.41) is 0. The lowest BCUT2D eigenvalue weighted by molar-refractivity contribution is -0.111. The molecule has 0 radical (unpaired) electrons. The molecule has 2 unspecified atom stereocenters. The molecule has 0 spiro atoms. The van der Waals surface area contributed by atoms with Crippen molar-refractivity contribution in [1.29, 1.82) is 0 Å². The minimum Gasteiger partial charge on any atom is -0.382 e. The second-order valence-electron chi connectivity index (χ2n) is 4.02. The van der Waals surface area contributed by atoms with Crippen LogP contribution >= 0.6 is 0 Å². The van der Waals surface area contributed by atoms with Gasteiger partial charge in [0.15, 0.2) is 0 Å². The van der Waals surface area contributed by atoms with Gasteiger partial charge < -0.3 is 18.9 Å². The summed E-state index contributed by atoms with van der Waals surface area (Å²) in [6, 6.07) is 10.0. The molecule has 0 aliphatic carbocycles. The third-order valence-electron chi connectivity index (χ3n) is 2.69. The Bertz CT molecular complexity index is 302. The topological polar surface area (TPSA) is 36.9 Å². The molecule has 4 nitrogen and oxygen atoms in total. The molecule has 1 rings (SSSR count). The molecule has 0 aliphatic rings. The van der Waals surface area contributed by atoms with E-state index in [0.717, 1.165) is 5.56 Å². The third-order valence-corrected chi connectivity index (χ3v) is 2.69.